The summed E-state index contributed by atoms with van der Waals surface area (Å²) < 4.78 is 0. The van der Waals surface area contributed by atoms with Gasteiger partial charge in [0.2, 0.25) is 0 Å². The number of thiazole rings is 1. The quantitative estimate of drug-likeness (QED) is 0.794. The van der Waals surface area contributed by atoms with Gasteiger partial charge in [-0.1, -0.05) is 25.7 Å². The molecule has 1 aromatic rings. The predicted molar refractivity (Wildman–Crippen MR) is 70.0 cm³/mol. The fraction of sp³-hybridized carbons (Fsp3) is 0.750. The molecule has 0 aliphatic heterocycles. The molecule has 0 amide bonds. The van der Waals surface area contributed by atoms with E-state index in [0.717, 1.165) is 17.2 Å². The maximum absolute atomic E-state index is 5.52. The molecule has 1 fully saturated rings. The molecular formula is C12H21N3S. The van der Waals surface area contributed by atoms with Crippen LogP contribution < -0.4 is 11.1 Å². The van der Waals surface area contributed by atoms with E-state index in [4.69, 9.17) is 5.73 Å². The van der Waals surface area contributed by atoms with Crippen LogP contribution in [0.2, 0.25) is 0 Å². The van der Waals surface area contributed by atoms with Crippen LogP contribution in [-0.4, -0.2) is 17.6 Å². The molecule has 0 radical (unpaired) electrons. The third-order valence-electron chi connectivity index (χ3n) is 3.13. The van der Waals surface area contributed by atoms with Crippen molar-refractivity contribution in [2.24, 2.45) is 5.73 Å². The first-order valence-electron chi connectivity index (χ1n) is 6.29. The Labute approximate surface area is 101 Å². The lowest BCUT2D eigenvalue weighted by molar-refractivity contribution is 0.619. The van der Waals surface area contributed by atoms with Gasteiger partial charge < -0.3 is 11.1 Å². The average molecular weight is 239 g/mol. The number of nitrogens with zero attached hydrogens (tertiary/aromatic N) is 1. The van der Waals surface area contributed by atoms with Crippen molar-refractivity contribution in [2.45, 2.75) is 51.0 Å². The second-order valence-electron chi connectivity index (χ2n) is 4.52. The normalized spacial score (nSPS) is 18.3. The molecule has 0 saturated heterocycles. The van der Waals surface area contributed by atoms with E-state index in [1.807, 2.05) is 0 Å². The number of nitrogens with one attached hydrogen (secondary N) is 1. The zero-order valence-electron chi connectivity index (χ0n) is 9.74. The Kier molecular flexibility index (Phi) is 4.60. The summed E-state index contributed by atoms with van der Waals surface area (Å²) in [6.45, 7) is 0.687. The van der Waals surface area contributed by atoms with Gasteiger partial charge in [0, 0.05) is 17.8 Å². The van der Waals surface area contributed by atoms with Gasteiger partial charge in [-0.15, -0.1) is 11.3 Å². The molecule has 90 valence electrons. The maximum Gasteiger partial charge on any atom is 0.183 e. The Morgan fingerprint density at radius 1 is 1.31 bits per heavy atom. The van der Waals surface area contributed by atoms with Gasteiger partial charge in [0.15, 0.2) is 5.13 Å². The van der Waals surface area contributed by atoms with E-state index in [2.05, 4.69) is 15.7 Å². The summed E-state index contributed by atoms with van der Waals surface area (Å²) in [7, 11) is 0. The summed E-state index contributed by atoms with van der Waals surface area (Å²) in [6, 6.07) is 0.638. The van der Waals surface area contributed by atoms with Gasteiger partial charge in [-0.2, -0.15) is 0 Å². The summed E-state index contributed by atoms with van der Waals surface area (Å²) in [5.41, 5.74) is 6.65. The number of hydrogen-bond donors (Lipinski definition) is 2. The first-order chi connectivity index (χ1) is 7.88. The zero-order chi connectivity index (χ0) is 11.2. The summed E-state index contributed by atoms with van der Waals surface area (Å²) >= 11 is 1.71. The highest BCUT2D eigenvalue weighted by atomic mass is 32.1. The van der Waals surface area contributed by atoms with Crippen molar-refractivity contribution < 1.29 is 0 Å². The summed E-state index contributed by atoms with van der Waals surface area (Å²) in [5, 5.41) is 6.76. The third-order valence-corrected chi connectivity index (χ3v) is 3.96. The number of nitrogens with two attached hydrogens (primary N) is 1. The first kappa shape index (κ1) is 11.9. The average Bonchev–Trinajstić information content (AvgIpc) is 2.56. The molecule has 1 aromatic heterocycles. The van der Waals surface area contributed by atoms with E-state index in [-0.39, 0.29) is 0 Å². The smallest absolute Gasteiger partial charge is 0.183 e. The van der Waals surface area contributed by atoms with Gasteiger partial charge in [0.1, 0.15) is 0 Å². The van der Waals surface area contributed by atoms with E-state index in [1.165, 1.54) is 38.5 Å². The van der Waals surface area contributed by atoms with Crippen molar-refractivity contribution >= 4 is 16.5 Å². The molecule has 1 aliphatic carbocycles. The molecule has 0 spiro atoms. The molecular weight excluding hydrogens is 218 g/mol. The Morgan fingerprint density at radius 2 is 2.06 bits per heavy atom. The number of rotatable bonds is 4. The number of aromatic nitrogens is 1. The first-order valence-corrected chi connectivity index (χ1v) is 7.17. The van der Waals surface area contributed by atoms with Crippen LogP contribution in [0, 0.1) is 0 Å². The van der Waals surface area contributed by atoms with Gasteiger partial charge in [0.05, 0.1) is 5.69 Å². The Hall–Kier alpha value is -0.610. The van der Waals surface area contributed by atoms with Crippen molar-refractivity contribution in [1.82, 2.24) is 4.98 Å². The number of hydrogen-bond acceptors (Lipinski definition) is 4. The van der Waals surface area contributed by atoms with Gasteiger partial charge >= 0.3 is 0 Å². The van der Waals surface area contributed by atoms with Gasteiger partial charge in [-0.05, 0) is 19.4 Å². The minimum Gasteiger partial charge on any atom is -0.359 e. The Bertz CT molecular complexity index is 303. The molecule has 16 heavy (non-hydrogen) atoms. The monoisotopic (exact) mass is 239 g/mol. The molecule has 3 N–H and O–H groups in total. The minimum atomic E-state index is 0.638. The molecule has 3 nitrogen and oxygen atoms in total. The lowest BCUT2D eigenvalue weighted by Gasteiger charge is -2.14. The molecule has 1 aliphatic rings. The van der Waals surface area contributed by atoms with Gasteiger partial charge in [-0.3, -0.25) is 0 Å². The highest BCUT2D eigenvalue weighted by Crippen LogP contribution is 2.23. The minimum absolute atomic E-state index is 0.638. The maximum atomic E-state index is 5.52. The predicted octanol–water partition coefficient (Wildman–Crippen LogP) is 2.78. The van der Waals surface area contributed by atoms with Crippen LogP contribution in [0.5, 0.6) is 0 Å². The molecule has 2 rings (SSSR count). The summed E-state index contributed by atoms with van der Waals surface area (Å²) in [6.07, 6.45) is 9.00. The zero-order valence-corrected chi connectivity index (χ0v) is 10.6. The van der Waals surface area contributed by atoms with Crippen LogP contribution in [0.15, 0.2) is 5.38 Å². The lowest BCUT2D eigenvalue weighted by Crippen LogP contribution is -2.18. The summed E-state index contributed by atoms with van der Waals surface area (Å²) in [4.78, 5) is 4.55. The van der Waals surface area contributed by atoms with Crippen LogP contribution in [-0.2, 0) is 6.42 Å². The fourth-order valence-electron chi connectivity index (χ4n) is 2.23. The topological polar surface area (TPSA) is 50.9 Å². The van der Waals surface area contributed by atoms with Crippen LogP contribution in [0.4, 0.5) is 5.13 Å². The van der Waals surface area contributed by atoms with Crippen molar-refractivity contribution in [3.05, 3.63) is 11.1 Å². The van der Waals surface area contributed by atoms with Crippen LogP contribution >= 0.6 is 11.3 Å². The third kappa shape index (κ3) is 3.46. The van der Waals surface area contributed by atoms with Gasteiger partial charge in [-0.25, -0.2) is 4.98 Å². The molecule has 0 aromatic carbocycles. The SMILES string of the molecule is NCCc1csc(NC2CCCCCC2)n1. The fourth-order valence-corrected chi connectivity index (χ4v) is 3.06. The molecule has 1 saturated carbocycles. The van der Waals surface area contributed by atoms with Crippen LogP contribution in [0.1, 0.15) is 44.2 Å². The molecule has 0 bridgehead atoms. The van der Waals surface area contributed by atoms with E-state index in [1.54, 1.807) is 11.3 Å². The van der Waals surface area contributed by atoms with E-state index >= 15 is 0 Å². The van der Waals surface area contributed by atoms with Crippen molar-refractivity contribution in [2.75, 3.05) is 11.9 Å². The van der Waals surface area contributed by atoms with Crippen molar-refractivity contribution in [1.29, 1.82) is 0 Å². The standard InChI is InChI=1S/C12H21N3S/c13-8-7-11-9-16-12(15-11)14-10-5-3-1-2-4-6-10/h9-10H,1-8,13H2,(H,14,15). The van der Waals surface area contributed by atoms with Crippen molar-refractivity contribution in [3.8, 4) is 0 Å². The largest absolute Gasteiger partial charge is 0.359 e. The second kappa shape index (κ2) is 6.21. The van der Waals surface area contributed by atoms with Crippen LogP contribution in [0.25, 0.3) is 0 Å². The highest BCUT2D eigenvalue weighted by Gasteiger charge is 2.13. The Balaban J connectivity index is 1.86. The van der Waals surface area contributed by atoms with E-state index in [0.29, 0.717) is 12.6 Å². The summed E-state index contributed by atoms with van der Waals surface area (Å²) in [5.74, 6) is 0. The highest BCUT2D eigenvalue weighted by molar-refractivity contribution is 7.13. The van der Waals surface area contributed by atoms with Crippen LogP contribution in [0.3, 0.4) is 0 Å². The Morgan fingerprint density at radius 3 is 2.75 bits per heavy atom. The molecule has 0 atom stereocenters. The second-order valence-corrected chi connectivity index (χ2v) is 5.37. The lowest BCUT2D eigenvalue weighted by atomic mass is 10.1. The van der Waals surface area contributed by atoms with Crippen molar-refractivity contribution in [3.63, 3.8) is 0 Å². The number of anilines is 1. The van der Waals surface area contributed by atoms with Gasteiger partial charge in [0.25, 0.3) is 0 Å². The van der Waals surface area contributed by atoms with E-state index in [9.17, 15) is 0 Å². The molecule has 4 heteroatoms. The molecule has 0 unspecified atom stereocenters. The molecule has 1 heterocycles. The van der Waals surface area contributed by atoms with E-state index < -0.39 is 0 Å².